The Morgan fingerprint density at radius 2 is 1.39 bits per heavy atom. The van der Waals surface area contributed by atoms with E-state index in [1.165, 1.54) is 22.3 Å². The highest BCUT2D eigenvalue weighted by molar-refractivity contribution is 7.89. The van der Waals surface area contributed by atoms with Crippen LogP contribution in [0.2, 0.25) is 0 Å². The molecule has 2 aromatic carbocycles. The van der Waals surface area contributed by atoms with E-state index >= 15 is 0 Å². The minimum absolute atomic E-state index is 0.136. The maximum absolute atomic E-state index is 11.4. The molecule has 0 bridgehead atoms. The van der Waals surface area contributed by atoms with Crippen LogP contribution in [-0.4, -0.2) is 8.42 Å². The van der Waals surface area contributed by atoms with Crippen LogP contribution in [0.1, 0.15) is 28.7 Å². The molecule has 0 aromatic heterocycles. The third-order valence-corrected chi connectivity index (χ3v) is 5.18. The minimum Gasteiger partial charge on any atom is -0.225 e. The van der Waals surface area contributed by atoms with Crippen molar-refractivity contribution < 1.29 is 8.42 Å². The molecule has 1 aliphatic rings. The summed E-state index contributed by atoms with van der Waals surface area (Å²) in [5.41, 5.74) is 7.05. The van der Waals surface area contributed by atoms with E-state index in [1.54, 1.807) is 12.1 Å². The summed E-state index contributed by atoms with van der Waals surface area (Å²) in [4.78, 5) is 0.136. The van der Waals surface area contributed by atoms with Crippen LogP contribution in [0.4, 0.5) is 0 Å². The van der Waals surface area contributed by atoms with Crippen molar-refractivity contribution in [3.8, 4) is 0 Å². The molecule has 3 rings (SSSR count). The molecule has 0 unspecified atom stereocenters. The van der Waals surface area contributed by atoms with Crippen LogP contribution < -0.4 is 5.14 Å². The Hall–Kier alpha value is -2.17. The van der Waals surface area contributed by atoms with Crippen molar-refractivity contribution in [2.75, 3.05) is 0 Å². The molecule has 23 heavy (non-hydrogen) atoms. The SMILES string of the molecule is Cc1ccc(C2=CCC=C2c2ccc(S(N)(=O)=O)cc2)cc1C. The largest absolute Gasteiger partial charge is 0.238 e. The fraction of sp³-hybridized carbons (Fsp3) is 0.158. The van der Waals surface area contributed by atoms with E-state index < -0.39 is 10.0 Å². The van der Waals surface area contributed by atoms with Gasteiger partial charge in [0, 0.05) is 0 Å². The zero-order valence-corrected chi connectivity index (χ0v) is 14.0. The van der Waals surface area contributed by atoms with E-state index in [1.807, 2.05) is 12.1 Å². The summed E-state index contributed by atoms with van der Waals surface area (Å²) in [5, 5.41) is 5.16. The van der Waals surface area contributed by atoms with Gasteiger partial charge in [0.25, 0.3) is 0 Å². The molecular formula is C19H19NO2S. The number of allylic oxidation sites excluding steroid dienone is 4. The van der Waals surface area contributed by atoms with Crippen molar-refractivity contribution in [2.24, 2.45) is 5.14 Å². The first-order valence-electron chi connectivity index (χ1n) is 7.48. The lowest BCUT2D eigenvalue weighted by atomic mass is 9.93. The van der Waals surface area contributed by atoms with Gasteiger partial charge in [-0.3, -0.25) is 0 Å². The van der Waals surface area contributed by atoms with E-state index in [4.69, 9.17) is 5.14 Å². The van der Waals surface area contributed by atoms with Gasteiger partial charge >= 0.3 is 0 Å². The van der Waals surface area contributed by atoms with Crippen LogP contribution in [0.3, 0.4) is 0 Å². The average Bonchev–Trinajstić information content (AvgIpc) is 2.99. The van der Waals surface area contributed by atoms with Crippen molar-refractivity contribution in [3.63, 3.8) is 0 Å². The van der Waals surface area contributed by atoms with Gasteiger partial charge in [-0.05, 0) is 65.8 Å². The number of hydrogen-bond acceptors (Lipinski definition) is 2. The smallest absolute Gasteiger partial charge is 0.225 e. The van der Waals surface area contributed by atoms with Crippen LogP contribution in [0.15, 0.2) is 59.5 Å². The Morgan fingerprint density at radius 1 is 0.826 bits per heavy atom. The number of nitrogens with two attached hydrogens (primary N) is 1. The second kappa shape index (κ2) is 5.80. The molecule has 2 N–H and O–H groups in total. The fourth-order valence-corrected chi connectivity index (χ4v) is 3.31. The van der Waals surface area contributed by atoms with Gasteiger partial charge in [-0.25, -0.2) is 13.6 Å². The molecule has 0 amide bonds. The molecule has 0 aliphatic heterocycles. The third-order valence-electron chi connectivity index (χ3n) is 4.25. The zero-order valence-electron chi connectivity index (χ0n) is 13.2. The first-order valence-corrected chi connectivity index (χ1v) is 9.02. The van der Waals surface area contributed by atoms with E-state index in [0.29, 0.717) is 0 Å². The first kappa shape index (κ1) is 15.7. The summed E-state index contributed by atoms with van der Waals surface area (Å²) in [6.45, 7) is 4.21. The molecule has 4 heteroatoms. The number of aryl methyl sites for hydroxylation is 2. The normalized spacial score (nSPS) is 14.6. The number of rotatable bonds is 3. The predicted molar refractivity (Wildman–Crippen MR) is 94.3 cm³/mol. The van der Waals surface area contributed by atoms with Gasteiger partial charge in [0.15, 0.2) is 0 Å². The Balaban J connectivity index is 1.97. The molecule has 0 saturated carbocycles. The minimum atomic E-state index is -3.65. The molecule has 0 saturated heterocycles. The van der Waals surface area contributed by atoms with Crippen LogP contribution in [-0.2, 0) is 10.0 Å². The molecule has 1 aliphatic carbocycles. The lowest BCUT2D eigenvalue weighted by Crippen LogP contribution is -2.11. The molecular weight excluding hydrogens is 306 g/mol. The molecule has 3 nitrogen and oxygen atoms in total. The summed E-state index contributed by atoms with van der Waals surface area (Å²) in [6.07, 6.45) is 5.25. The Bertz CT molecular complexity index is 920. The lowest BCUT2D eigenvalue weighted by molar-refractivity contribution is 0.598. The molecule has 0 spiro atoms. The monoisotopic (exact) mass is 325 g/mol. The van der Waals surface area contributed by atoms with Gasteiger partial charge in [0.1, 0.15) is 0 Å². The highest BCUT2D eigenvalue weighted by Crippen LogP contribution is 2.37. The molecule has 118 valence electrons. The highest BCUT2D eigenvalue weighted by Gasteiger charge is 2.15. The Kier molecular flexibility index (Phi) is 3.96. The van der Waals surface area contributed by atoms with Crippen molar-refractivity contribution in [1.29, 1.82) is 0 Å². The van der Waals surface area contributed by atoms with Crippen LogP contribution in [0.25, 0.3) is 11.1 Å². The zero-order chi connectivity index (χ0) is 16.6. The fourth-order valence-electron chi connectivity index (χ4n) is 2.79. The van der Waals surface area contributed by atoms with Gasteiger partial charge in [0.2, 0.25) is 10.0 Å². The van der Waals surface area contributed by atoms with Crippen molar-refractivity contribution in [2.45, 2.75) is 25.2 Å². The highest BCUT2D eigenvalue weighted by atomic mass is 32.2. The van der Waals surface area contributed by atoms with Crippen molar-refractivity contribution in [1.82, 2.24) is 0 Å². The van der Waals surface area contributed by atoms with E-state index in [0.717, 1.165) is 17.6 Å². The van der Waals surface area contributed by atoms with E-state index in [9.17, 15) is 8.42 Å². The standard InChI is InChI=1S/C19H19NO2S/c1-13-6-7-16(12-14(13)2)19-5-3-4-18(19)15-8-10-17(11-9-15)23(20,21)22/h4-12H,3H2,1-2H3,(H2,20,21,22). The molecule has 0 atom stereocenters. The third kappa shape index (κ3) is 3.14. The van der Waals surface area contributed by atoms with Gasteiger partial charge < -0.3 is 0 Å². The maximum Gasteiger partial charge on any atom is 0.238 e. The summed E-state index contributed by atoms with van der Waals surface area (Å²) in [5.74, 6) is 0. The van der Waals surface area contributed by atoms with E-state index in [2.05, 4.69) is 44.2 Å². The van der Waals surface area contributed by atoms with E-state index in [-0.39, 0.29) is 4.90 Å². The topological polar surface area (TPSA) is 60.2 Å². The number of hydrogen-bond donors (Lipinski definition) is 1. The summed E-state index contributed by atoms with van der Waals surface area (Å²) in [6, 6.07) is 13.2. The second-order valence-electron chi connectivity index (χ2n) is 5.84. The van der Waals surface area contributed by atoms with Crippen LogP contribution >= 0.6 is 0 Å². The molecule has 0 radical (unpaired) electrons. The Labute approximate surface area is 137 Å². The van der Waals surface area contributed by atoms with Gasteiger partial charge in [-0.2, -0.15) is 0 Å². The van der Waals surface area contributed by atoms with Crippen molar-refractivity contribution >= 4 is 21.2 Å². The lowest BCUT2D eigenvalue weighted by Gasteiger charge is -2.12. The van der Waals surface area contributed by atoms with Crippen LogP contribution in [0.5, 0.6) is 0 Å². The second-order valence-corrected chi connectivity index (χ2v) is 7.40. The van der Waals surface area contributed by atoms with Crippen LogP contribution in [0, 0.1) is 13.8 Å². The number of sulfonamides is 1. The maximum atomic E-state index is 11.4. The summed E-state index contributed by atoms with van der Waals surface area (Å²) in [7, 11) is -3.65. The summed E-state index contributed by atoms with van der Waals surface area (Å²) >= 11 is 0. The van der Waals surface area contributed by atoms with Gasteiger partial charge in [0.05, 0.1) is 4.90 Å². The molecule has 0 heterocycles. The average molecular weight is 325 g/mol. The molecule has 2 aromatic rings. The quantitative estimate of drug-likeness (QED) is 0.932. The first-order chi connectivity index (χ1) is 10.9. The van der Waals surface area contributed by atoms with Gasteiger partial charge in [-0.1, -0.05) is 42.5 Å². The van der Waals surface area contributed by atoms with Gasteiger partial charge in [-0.15, -0.1) is 0 Å². The Morgan fingerprint density at radius 3 is 1.96 bits per heavy atom. The predicted octanol–water partition coefficient (Wildman–Crippen LogP) is 3.82. The number of primary sulfonamides is 1. The van der Waals surface area contributed by atoms with Crippen molar-refractivity contribution in [3.05, 3.63) is 76.9 Å². The number of benzene rings is 2. The summed E-state index contributed by atoms with van der Waals surface area (Å²) < 4.78 is 22.7. The molecule has 0 fully saturated rings.